The summed E-state index contributed by atoms with van der Waals surface area (Å²) in [5, 5.41) is 0. The zero-order valence-electron chi connectivity index (χ0n) is 14.4. The van der Waals surface area contributed by atoms with Crippen LogP contribution in [-0.2, 0) is 5.41 Å². The molecule has 0 spiro atoms. The number of unbranched alkanes of at least 4 members (excludes halogenated alkanes) is 1. The molecule has 1 nitrogen and oxygen atoms in total. The van der Waals surface area contributed by atoms with E-state index >= 15 is 0 Å². The summed E-state index contributed by atoms with van der Waals surface area (Å²) in [4.78, 5) is 0. The Morgan fingerprint density at radius 2 is 1.62 bits per heavy atom. The van der Waals surface area contributed by atoms with Crippen LogP contribution in [0, 0.1) is 0 Å². The molecule has 0 fully saturated rings. The summed E-state index contributed by atoms with van der Waals surface area (Å²) in [6, 6.07) is 10.9. The lowest BCUT2D eigenvalue weighted by Gasteiger charge is -2.49. The average molecular weight is 287 g/mol. The predicted molar refractivity (Wildman–Crippen MR) is 94.6 cm³/mol. The Balaban J connectivity index is 3.10. The summed E-state index contributed by atoms with van der Waals surface area (Å²) in [5.41, 5.74) is 8.35. The van der Waals surface area contributed by atoms with Crippen LogP contribution >= 0.6 is 0 Å². The Bertz CT molecular complexity index is 417. The Labute approximate surface area is 131 Å². The first-order chi connectivity index (χ1) is 10.1. The van der Waals surface area contributed by atoms with Crippen molar-refractivity contribution in [3.63, 3.8) is 0 Å². The maximum Gasteiger partial charge on any atom is 0.0249 e. The molecular weight excluding hydrogens is 254 g/mol. The first-order valence-corrected chi connectivity index (χ1v) is 8.55. The number of benzene rings is 1. The van der Waals surface area contributed by atoms with Gasteiger partial charge < -0.3 is 5.73 Å². The topological polar surface area (TPSA) is 26.0 Å². The van der Waals surface area contributed by atoms with Crippen LogP contribution in [0.2, 0.25) is 0 Å². The van der Waals surface area contributed by atoms with Crippen molar-refractivity contribution in [1.29, 1.82) is 0 Å². The minimum Gasteiger partial charge on any atom is -0.324 e. The van der Waals surface area contributed by atoms with Crippen molar-refractivity contribution in [2.45, 2.75) is 77.2 Å². The lowest BCUT2D eigenvalue weighted by Crippen LogP contribution is -2.57. The monoisotopic (exact) mass is 287 g/mol. The van der Waals surface area contributed by atoms with E-state index in [1.165, 1.54) is 12.0 Å². The highest BCUT2D eigenvalue weighted by molar-refractivity contribution is 5.30. The predicted octanol–water partition coefficient (Wildman–Crippen LogP) is 5.60. The van der Waals surface area contributed by atoms with Crippen LogP contribution in [0.5, 0.6) is 0 Å². The fourth-order valence-electron chi connectivity index (χ4n) is 3.86. The van der Waals surface area contributed by atoms with Crippen molar-refractivity contribution in [3.8, 4) is 0 Å². The number of allylic oxidation sites excluding steroid dienone is 2. The molecule has 118 valence electrons. The lowest BCUT2D eigenvalue weighted by molar-refractivity contribution is 0.174. The first kappa shape index (κ1) is 18.0. The van der Waals surface area contributed by atoms with Gasteiger partial charge in [0.1, 0.15) is 0 Å². The summed E-state index contributed by atoms with van der Waals surface area (Å²) in [6.07, 6.45) is 11.0. The lowest BCUT2D eigenvalue weighted by atomic mass is 9.59. The van der Waals surface area contributed by atoms with Crippen molar-refractivity contribution in [2.24, 2.45) is 5.73 Å². The summed E-state index contributed by atoms with van der Waals surface area (Å²) < 4.78 is 0. The molecule has 0 saturated carbocycles. The highest BCUT2D eigenvalue weighted by atomic mass is 14.8. The van der Waals surface area contributed by atoms with Gasteiger partial charge in [-0.1, -0.05) is 63.3 Å². The molecule has 1 unspecified atom stereocenters. The molecule has 2 N–H and O–H groups in total. The van der Waals surface area contributed by atoms with E-state index in [0.717, 1.165) is 32.1 Å². The number of hydrogen-bond acceptors (Lipinski definition) is 1. The average Bonchev–Trinajstić information content (AvgIpc) is 2.54. The first-order valence-electron chi connectivity index (χ1n) is 8.55. The standard InChI is InChI=1S/C20H33N/c1-5-9-10-14-17-20(21,8-4)19(6-2,7-3)18-15-12-11-13-16-18/h5,9,11-13,15-16H,6-8,10,14,17,21H2,1-4H3/b9-5-. The molecule has 0 radical (unpaired) electrons. The molecule has 0 amide bonds. The van der Waals surface area contributed by atoms with Gasteiger partial charge in [-0.2, -0.15) is 0 Å². The fourth-order valence-corrected chi connectivity index (χ4v) is 3.86. The number of rotatable bonds is 9. The van der Waals surface area contributed by atoms with Crippen LogP contribution < -0.4 is 5.73 Å². The second-order valence-corrected chi connectivity index (χ2v) is 6.13. The van der Waals surface area contributed by atoms with Crippen molar-refractivity contribution in [1.82, 2.24) is 0 Å². The van der Waals surface area contributed by atoms with E-state index in [1.54, 1.807) is 0 Å². The third kappa shape index (κ3) is 3.77. The summed E-state index contributed by atoms with van der Waals surface area (Å²) in [6.45, 7) is 8.92. The van der Waals surface area contributed by atoms with Crippen LogP contribution in [-0.4, -0.2) is 5.54 Å². The van der Waals surface area contributed by atoms with Crippen LogP contribution in [0.1, 0.15) is 71.8 Å². The number of hydrogen-bond donors (Lipinski definition) is 1. The van der Waals surface area contributed by atoms with Crippen LogP contribution in [0.3, 0.4) is 0 Å². The summed E-state index contributed by atoms with van der Waals surface area (Å²) >= 11 is 0. The Morgan fingerprint density at radius 3 is 2.10 bits per heavy atom. The fraction of sp³-hybridized carbons (Fsp3) is 0.600. The van der Waals surface area contributed by atoms with E-state index < -0.39 is 0 Å². The normalized spacial score (nSPS) is 15.3. The molecule has 0 aromatic heterocycles. The largest absolute Gasteiger partial charge is 0.324 e. The Hall–Kier alpha value is -1.08. The van der Waals surface area contributed by atoms with Crippen LogP contribution in [0.25, 0.3) is 0 Å². The van der Waals surface area contributed by atoms with Gasteiger partial charge in [-0.05, 0) is 51.0 Å². The van der Waals surface area contributed by atoms with E-state index in [2.05, 4.69) is 70.2 Å². The molecule has 0 bridgehead atoms. The SMILES string of the molecule is C/C=C\CCCC(N)(CC)C(CC)(CC)c1ccccc1. The third-order valence-corrected chi connectivity index (χ3v) is 5.35. The molecular formula is C20H33N. The minimum absolute atomic E-state index is 0.0823. The van der Waals surface area contributed by atoms with Gasteiger partial charge in [0.25, 0.3) is 0 Å². The Morgan fingerprint density at radius 1 is 1.00 bits per heavy atom. The van der Waals surface area contributed by atoms with E-state index in [4.69, 9.17) is 5.73 Å². The van der Waals surface area contributed by atoms with Gasteiger partial charge in [0.2, 0.25) is 0 Å². The van der Waals surface area contributed by atoms with E-state index in [-0.39, 0.29) is 11.0 Å². The van der Waals surface area contributed by atoms with E-state index in [1.807, 2.05) is 0 Å². The van der Waals surface area contributed by atoms with Gasteiger partial charge in [0.15, 0.2) is 0 Å². The molecule has 0 aliphatic heterocycles. The van der Waals surface area contributed by atoms with Crippen molar-refractivity contribution >= 4 is 0 Å². The van der Waals surface area contributed by atoms with Crippen molar-refractivity contribution < 1.29 is 0 Å². The minimum atomic E-state index is -0.126. The van der Waals surface area contributed by atoms with Gasteiger partial charge in [-0.25, -0.2) is 0 Å². The van der Waals surface area contributed by atoms with Gasteiger partial charge in [0.05, 0.1) is 0 Å². The molecule has 1 aromatic rings. The van der Waals surface area contributed by atoms with E-state index in [0.29, 0.717) is 0 Å². The summed E-state index contributed by atoms with van der Waals surface area (Å²) in [5.74, 6) is 0. The van der Waals surface area contributed by atoms with Gasteiger partial charge >= 0.3 is 0 Å². The molecule has 1 rings (SSSR count). The van der Waals surface area contributed by atoms with Crippen molar-refractivity contribution in [2.75, 3.05) is 0 Å². The molecule has 1 atom stereocenters. The third-order valence-electron chi connectivity index (χ3n) is 5.35. The molecule has 0 heterocycles. The second-order valence-electron chi connectivity index (χ2n) is 6.13. The molecule has 21 heavy (non-hydrogen) atoms. The molecule has 1 aromatic carbocycles. The summed E-state index contributed by atoms with van der Waals surface area (Å²) in [7, 11) is 0. The quantitative estimate of drug-likeness (QED) is 0.464. The number of nitrogens with two attached hydrogens (primary N) is 1. The maximum atomic E-state index is 6.99. The molecule has 0 aliphatic carbocycles. The van der Waals surface area contributed by atoms with Gasteiger partial charge in [0, 0.05) is 11.0 Å². The van der Waals surface area contributed by atoms with Crippen LogP contribution in [0.4, 0.5) is 0 Å². The van der Waals surface area contributed by atoms with E-state index in [9.17, 15) is 0 Å². The smallest absolute Gasteiger partial charge is 0.0249 e. The second kappa shape index (κ2) is 8.38. The zero-order chi connectivity index (χ0) is 15.8. The van der Waals surface area contributed by atoms with Gasteiger partial charge in [-0.3, -0.25) is 0 Å². The van der Waals surface area contributed by atoms with Crippen LogP contribution in [0.15, 0.2) is 42.5 Å². The molecule has 0 aliphatic rings. The highest BCUT2D eigenvalue weighted by Crippen LogP contribution is 2.44. The zero-order valence-corrected chi connectivity index (χ0v) is 14.4. The highest BCUT2D eigenvalue weighted by Gasteiger charge is 2.45. The van der Waals surface area contributed by atoms with Gasteiger partial charge in [-0.15, -0.1) is 0 Å². The molecule has 0 saturated heterocycles. The Kier molecular flexibility index (Phi) is 7.17. The van der Waals surface area contributed by atoms with Crippen molar-refractivity contribution in [3.05, 3.63) is 48.0 Å². The molecule has 1 heteroatoms. The maximum absolute atomic E-state index is 6.99.